The van der Waals surface area contributed by atoms with Gasteiger partial charge in [0, 0.05) is 38.5 Å². The Morgan fingerprint density at radius 1 is 1.04 bits per heavy atom. The van der Waals surface area contributed by atoms with Crippen LogP contribution in [0.2, 0.25) is 0 Å². The molecule has 1 aliphatic rings. The van der Waals surface area contributed by atoms with Crippen LogP contribution >= 0.6 is 0 Å². The minimum absolute atomic E-state index is 0.0152. The van der Waals surface area contributed by atoms with E-state index in [1.165, 1.54) is 0 Å². The number of alkyl halides is 3. The summed E-state index contributed by atoms with van der Waals surface area (Å²) in [4.78, 5) is 13.7. The van der Waals surface area contributed by atoms with Crippen LogP contribution in [0.4, 0.5) is 26.3 Å². The standard InChI is InChI=1S/C16H14F6N4O/c17-11-7-13(19)12(18)6-9(11)5-10(27)1-2-25-3-4-26-14(8-25)23-24-15(26)16(20,21)22/h6-7H,1-5,8H2. The van der Waals surface area contributed by atoms with E-state index in [9.17, 15) is 31.1 Å². The van der Waals surface area contributed by atoms with Crippen molar-refractivity contribution < 1.29 is 31.1 Å². The fourth-order valence-corrected chi connectivity index (χ4v) is 2.89. The van der Waals surface area contributed by atoms with E-state index in [1.54, 1.807) is 4.90 Å². The third-order valence-corrected chi connectivity index (χ3v) is 4.27. The summed E-state index contributed by atoms with van der Waals surface area (Å²) in [7, 11) is 0. The molecule has 3 rings (SSSR count). The molecular formula is C16H14F6N4O. The largest absolute Gasteiger partial charge is 0.451 e. The quantitative estimate of drug-likeness (QED) is 0.580. The van der Waals surface area contributed by atoms with Crippen molar-refractivity contribution in [1.82, 2.24) is 19.7 Å². The molecule has 0 spiro atoms. The summed E-state index contributed by atoms with van der Waals surface area (Å²) >= 11 is 0. The first-order valence-corrected chi connectivity index (χ1v) is 8.02. The summed E-state index contributed by atoms with van der Waals surface area (Å²) in [5, 5.41) is 6.70. The van der Waals surface area contributed by atoms with Crippen LogP contribution in [-0.2, 0) is 30.5 Å². The molecule has 0 radical (unpaired) electrons. The zero-order chi connectivity index (χ0) is 19.8. The zero-order valence-electron chi connectivity index (χ0n) is 13.9. The van der Waals surface area contributed by atoms with Crippen molar-refractivity contribution in [3.8, 4) is 0 Å². The third kappa shape index (κ3) is 4.29. The molecule has 0 bridgehead atoms. The number of hydrogen-bond donors (Lipinski definition) is 0. The Kier molecular flexibility index (Phi) is 5.22. The average Bonchev–Trinajstić information content (AvgIpc) is 3.01. The second-order valence-corrected chi connectivity index (χ2v) is 6.19. The van der Waals surface area contributed by atoms with E-state index in [4.69, 9.17) is 0 Å². The van der Waals surface area contributed by atoms with Crippen LogP contribution in [0.5, 0.6) is 0 Å². The van der Waals surface area contributed by atoms with Crippen LogP contribution in [0.15, 0.2) is 12.1 Å². The Bertz CT molecular complexity index is 863. The first-order chi connectivity index (χ1) is 12.6. The SMILES string of the molecule is O=C(CCN1CCn2c(nnc2C(F)(F)F)C1)Cc1cc(F)c(F)cc1F. The van der Waals surface area contributed by atoms with Crippen LogP contribution in [0.25, 0.3) is 0 Å². The number of fused-ring (bicyclic) bond motifs is 1. The van der Waals surface area contributed by atoms with Crippen LogP contribution in [0.3, 0.4) is 0 Å². The maximum atomic E-state index is 13.6. The number of Topliss-reactive ketones (excluding diaryl/α,β-unsaturated/α-hetero) is 1. The lowest BCUT2D eigenvalue weighted by molar-refractivity contribution is -0.148. The minimum Gasteiger partial charge on any atom is -0.305 e. The zero-order valence-corrected chi connectivity index (χ0v) is 13.9. The number of halogens is 6. The van der Waals surface area contributed by atoms with E-state index in [1.807, 2.05) is 0 Å². The molecule has 1 aromatic carbocycles. The van der Waals surface area contributed by atoms with Gasteiger partial charge in [0.2, 0.25) is 5.82 Å². The number of aromatic nitrogens is 3. The molecule has 0 N–H and O–H groups in total. The molecule has 2 aromatic rings. The maximum Gasteiger partial charge on any atom is 0.451 e. The normalized spacial score (nSPS) is 15.0. The molecule has 5 nitrogen and oxygen atoms in total. The van der Waals surface area contributed by atoms with Gasteiger partial charge in [0.05, 0.1) is 6.54 Å². The molecule has 27 heavy (non-hydrogen) atoms. The minimum atomic E-state index is -4.59. The van der Waals surface area contributed by atoms with E-state index in [2.05, 4.69) is 10.2 Å². The number of nitrogens with zero attached hydrogens (tertiary/aromatic N) is 4. The van der Waals surface area contributed by atoms with Gasteiger partial charge in [-0.1, -0.05) is 0 Å². The van der Waals surface area contributed by atoms with Gasteiger partial charge in [0.15, 0.2) is 11.6 Å². The molecule has 0 unspecified atom stereocenters. The Balaban J connectivity index is 1.56. The fourth-order valence-electron chi connectivity index (χ4n) is 2.89. The number of carbonyl (C=O) groups is 1. The van der Waals surface area contributed by atoms with Crippen LogP contribution in [0.1, 0.15) is 23.6 Å². The predicted molar refractivity (Wildman–Crippen MR) is 79.9 cm³/mol. The van der Waals surface area contributed by atoms with Crippen molar-refractivity contribution in [2.75, 3.05) is 13.1 Å². The van der Waals surface area contributed by atoms with E-state index >= 15 is 0 Å². The van der Waals surface area contributed by atoms with E-state index in [0.717, 1.165) is 4.57 Å². The van der Waals surface area contributed by atoms with Gasteiger partial charge in [-0.3, -0.25) is 9.69 Å². The molecule has 1 aromatic heterocycles. The van der Waals surface area contributed by atoms with Crippen LogP contribution in [-0.4, -0.2) is 38.5 Å². The molecule has 0 atom stereocenters. The Labute approximate surface area is 149 Å². The molecule has 0 amide bonds. The van der Waals surface area contributed by atoms with Gasteiger partial charge in [-0.25, -0.2) is 13.2 Å². The van der Waals surface area contributed by atoms with Crippen molar-refractivity contribution in [3.05, 3.63) is 46.8 Å². The molecular weight excluding hydrogens is 378 g/mol. The molecule has 0 aliphatic carbocycles. The lowest BCUT2D eigenvalue weighted by Crippen LogP contribution is -2.36. The molecule has 0 saturated carbocycles. The molecule has 146 valence electrons. The summed E-state index contributed by atoms with van der Waals surface area (Å²) in [5.74, 6) is -4.89. The number of carbonyl (C=O) groups excluding carboxylic acids is 1. The summed E-state index contributed by atoms with van der Waals surface area (Å²) < 4.78 is 79.0. The molecule has 1 aliphatic heterocycles. The summed E-state index contributed by atoms with van der Waals surface area (Å²) in [6, 6.07) is 1.03. The summed E-state index contributed by atoms with van der Waals surface area (Å²) in [6.45, 7) is 0.609. The van der Waals surface area contributed by atoms with Gasteiger partial charge >= 0.3 is 6.18 Å². The van der Waals surface area contributed by atoms with Crippen LogP contribution in [0, 0.1) is 17.5 Å². The van der Waals surface area contributed by atoms with Gasteiger partial charge in [-0.15, -0.1) is 10.2 Å². The van der Waals surface area contributed by atoms with Crippen molar-refractivity contribution in [2.24, 2.45) is 0 Å². The number of benzene rings is 1. The van der Waals surface area contributed by atoms with Crippen molar-refractivity contribution in [2.45, 2.75) is 32.1 Å². The highest BCUT2D eigenvalue weighted by molar-refractivity contribution is 5.81. The van der Waals surface area contributed by atoms with Crippen LogP contribution < -0.4 is 0 Å². The highest BCUT2D eigenvalue weighted by Gasteiger charge is 2.39. The Hall–Kier alpha value is -2.43. The van der Waals surface area contributed by atoms with Gasteiger partial charge in [-0.05, 0) is 11.6 Å². The summed E-state index contributed by atoms with van der Waals surface area (Å²) in [5.41, 5.74) is -0.243. The number of ketones is 1. The third-order valence-electron chi connectivity index (χ3n) is 4.27. The van der Waals surface area contributed by atoms with Gasteiger partial charge in [0.1, 0.15) is 17.4 Å². The number of hydrogen-bond acceptors (Lipinski definition) is 4. The highest BCUT2D eigenvalue weighted by Crippen LogP contribution is 2.29. The van der Waals surface area contributed by atoms with E-state index in [-0.39, 0.29) is 44.0 Å². The maximum absolute atomic E-state index is 13.6. The smallest absolute Gasteiger partial charge is 0.305 e. The first kappa shape index (κ1) is 19.3. The van der Waals surface area contributed by atoms with Crippen molar-refractivity contribution in [3.63, 3.8) is 0 Å². The molecule has 2 heterocycles. The predicted octanol–water partition coefficient (Wildman–Crippen LogP) is 2.73. The summed E-state index contributed by atoms with van der Waals surface area (Å²) in [6.07, 6.45) is -5.00. The second-order valence-electron chi connectivity index (χ2n) is 6.19. The monoisotopic (exact) mass is 392 g/mol. The van der Waals surface area contributed by atoms with Gasteiger partial charge < -0.3 is 4.57 Å². The Morgan fingerprint density at radius 3 is 2.44 bits per heavy atom. The second kappa shape index (κ2) is 7.29. The molecule has 0 fully saturated rings. The molecule has 11 heteroatoms. The molecule has 0 saturated heterocycles. The van der Waals surface area contributed by atoms with E-state index < -0.39 is 41.7 Å². The topological polar surface area (TPSA) is 51.0 Å². The van der Waals surface area contributed by atoms with Gasteiger partial charge in [0.25, 0.3) is 0 Å². The highest BCUT2D eigenvalue weighted by atomic mass is 19.4. The lowest BCUT2D eigenvalue weighted by atomic mass is 10.1. The van der Waals surface area contributed by atoms with Crippen molar-refractivity contribution in [1.29, 1.82) is 0 Å². The lowest BCUT2D eigenvalue weighted by Gasteiger charge is -2.27. The van der Waals surface area contributed by atoms with E-state index in [0.29, 0.717) is 12.1 Å². The fraction of sp³-hybridized carbons (Fsp3) is 0.438. The van der Waals surface area contributed by atoms with Crippen molar-refractivity contribution >= 4 is 5.78 Å². The average molecular weight is 392 g/mol. The number of rotatable bonds is 5. The van der Waals surface area contributed by atoms with Gasteiger partial charge in [-0.2, -0.15) is 13.2 Å². The first-order valence-electron chi connectivity index (χ1n) is 8.02. The Morgan fingerprint density at radius 2 is 1.74 bits per heavy atom.